The van der Waals surface area contributed by atoms with E-state index in [4.69, 9.17) is 33.5 Å². The van der Waals surface area contributed by atoms with Gasteiger partial charge in [0.1, 0.15) is 22.4 Å². The molecule has 69 heavy (non-hydrogen) atoms. The van der Waals surface area contributed by atoms with Crippen LogP contribution in [-0.4, -0.2) is 125 Å². The number of carbonyl (C=O) groups is 7. The molecule has 19 heteroatoms. The number of hydrogen-bond acceptors (Lipinski definition) is 15. The van der Waals surface area contributed by atoms with Crippen molar-refractivity contribution < 1.29 is 107 Å². The zero-order valence-electron chi connectivity index (χ0n) is 44.8. The molecule has 2 aliphatic heterocycles. The SMILES string of the molecule is CC(C)(C)OC(=O)OC(=O)OC(C)(C)C.CCOC(=O)[C@@H]1CC(Cc2ccccc2)C[C@H]1C.CCOC(=O)[C@@H]1CN(C(=O)OC(C)(C)C)C[C@H]1C.C[C@@H]1CN(C(=O)OC(C)(C)C)C[C@H]1C(=O)O.[Na+].[OH-]. The first-order valence-electron chi connectivity index (χ1n) is 23.3. The molecule has 2 saturated heterocycles. The first-order chi connectivity index (χ1) is 30.6. The Kier molecular flexibility index (Phi) is 29.0. The van der Waals surface area contributed by atoms with Gasteiger partial charge in [-0.1, -0.05) is 51.1 Å². The first kappa shape index (κ1) is 67.0. The molecule has 0 bridgehead atoms. The van der Waals surface area contributed by atoms with E-state index in [0.717, 1.165) is 19.3 Å². The second-order valence-electron chi connectivity index (χ2n) is 21.4. The molecule has 0 radical (unpaired) electrons. The van der Waals surface area contributed by atoms with Crippen LogP contribution in [0.5, 0.6) is 0 Å². The van der Waals surface area contributed by atoms with E-state index in [-0.39, 0.29) is 83.3 Å². The summed E-state index contributed by atoms with van der Waals surface area (Å²) in [5.74, 6) is -0.519. The molecule has 390 valence electrons. The Bertz CT molecular complexity index is 1740. The van der Waals surface area contributed by atoms with Crippen LogP contribution in [0.1, 0.15) is 136 Å². The van der Waals surface area contributed by atoms with E-state index in [2.05, 4.69) is 35.9 Å². The second kappa shape index (κ2) is 29.9. The zero-order valence-corrected chi connectivity index (χ0v) is 46.8. The summed E-state index contributed by atoms with van der Waals surface area (Å²) in [7, 11) is 0. The maximum atomic E-state index is 11.9. The van der Waals surface area contributed by atoms with Gasteiger partial charge in [-0.3, -0.25) is 14.4 Å². The van der Waals surface area contributed by atoms with Gasteiger partial charge >= 0.3 is 72.0 Å². The summed E-state index contributed by atoms with van der Waals surface area (Å²) >= 11 is 0. The van der Waals surface area contributed by atoms with Crippen LogP contribution in [-0.2, 0) is 54.0 Å². The van der Waals surface area contributed by atoms with E-state index >= 15 is 0 Å². The Hall–Kier alpha value is -4.13. The topological polar surface area (TPSA) is 241 Å². The van der Waals surface area contributed by atoms with Crippen LogP contribution in [0.2, 0.25) is 0 Å². The molecule has 3 aliphatic rings. The molecule has 1 aromatic rings. The molecule has 4 rings (SSSR count). The number of esters is 2. The van der Waals surface area contributed by atoms with Crippen molar-refractivity contribution in [1.29, 1.82) is 0 Å². The fourth-order valence-corrected chi connectivity index (χ4v) is 7.44. The number of nitrogens with zero attached hydrogens (tertiary/aromatic N) is 2. The Morgan fingerprint density at radius 3 is 1.29 bits per heavy atom. The van der Waals surface area contributed by atoms with Crippen molar-refractivity contribution in [2.75, 3.05) is 39.4 Å². The van der Waals surface area contributed by atoms with E-state index in [1.165, 1.54) is 10.5 Å². The third-order valence-electron chi connectivity index (χ3n) is 10.3. The third-order valence-corrected chi connectivity index (χ3v) is 10.3. The predicted octanol–water partition coefficient (Wildman–Crippen LogP) is 6.78. The normalized spacial score (nSPS) is 21.8. The van der Waals surface area contributed by atoms with Crippen LogP contribution in [0.4, 0.5) is 19.2 Å². The summed E-state index contributed by atoms with van der Waals surface area (Å²) in [5, 5.41) is 8.94. The summed E-state index contributed by atoms with van der Waals surface area (Å²) in [5.41, 5.74) is -1.07. The van der Waals surface area contributed by atoms with Crippen molar-refractivity contribution in [3.05, 3.63) is 35.9 Å². The van der Waals surface area contributed by atoms with E-state index in [0.29, 0.717) is 44.7 Å². The van der Waals surface area contributed by atoms with E-state index in [1.54, 1.807) is 74.1 Å². The molecule has 1 aliphatic carbocycles. The fraction of sp³-hybridized carbons (Fsp3) is 0.740. The standard InChI is InChI=1S/C16H22O2.C13H23NO4.C11H19NO4.C10H18O5.Na.H2O/c1-3-18-16(17)15-11-14(9-12(15)2)10-13-7-5-4-6-8-13;1-6-17-11(15)10-8-14(7-9(10)2)12(16)18-13(3,4)5;1-7-5-12(6-8(7)9(13)14)10(15)16-11(2,3)4;1-9(2,3)14-7(11)13-8(12)15-10(4,5)6;;/h4-8,12,14-15H,3,9-11H2,1-2H3;9-10H,6-8H2,1-5H3;7-8H,5-6H2,1-4H3,(H,13,14);1-6H3;;1H2/q;;;;+1;/p-1/t12-,14?,15-;9-,10-;7-,8-;;;/m111.../s1. The number of carbonyl (C=O) groups excluding carboxylic acids is 6. The first-order valence-corrected chi connectivity index (χ1v) is 23.3. The van der Waals surface area contributed by atoms with Gasteiger partial charge in [0.2, 0.25) is 0 Å². The number of rotatable bonds is 7. The molecular weight excluding hydrogens is 908 g/mol. The largest absolute Gasteiger partial charge is 1.00 e. The zero-order chi connectivity index (χ0) is 51.7. The van der Waals surface area contributed by atoms with Crippen molar-refractivity contribution in [3.8, 4) is 0 Å². The number of likely N-dealkylation sites (tertiary alicyclic amines) is 2. The second-order valence-corrected chi connectivity index (χ2v) is 21.4. The average Bonchev–Trinajstić information content (AvgIpc) is 3.86. The minimum Gasteiger partial charge on any atom is -0.870 e. The van der Waals surface area contributed by atoms with Gasteiger partial charge in [0.15, 0.2) is 0 Å². The minimum absolute atomic E-state index is 0. The molecule has 18 nitrogen and oxygen atoms in total. The van der Waals surface area contributed by atoms with Crippen molar-refractivity contribution >= 4 is 42.4 Å². The smallest absolute Gasteiger partial charge is 0.870 e. The van der Waals surface area contributed by atoms with Gasteiger partial charge in [0, 0.05) is 26.2 Å². The molecule has 3 fully saturated rings. The van der Waals surface area contributed by atoms with Gasteiger partial charge in [-0.15, -0.1) is 0 Å². The number of carboxylic acid groups (broad SMARTS) is 1. The number of carboxylic acids is 1. The van der Waals surface area contributed by atoms with Gasteiger partial charge in [-0.2, -0.15) is 0 Å². The molecule has 1 unspecified atom stereocenters. The quantitative estimate of drug-likeness (QED) is 0.128. The van der Waals surface area contributed by atoms with Gasteiger partial charge in [0.05, 0.1) is 31.0 Å². The van der Waals surface area contributed by atoms with E-state index < -0.39 is 52.7 Å². The summed E-state index contributed by atoms with van der Waals surface area (Å²) in [6.45, 7) is 33.0. The minimum atomic E-state index is -1.06. The molecule has 2 N–H and O–H groups in total. The van der Waals surface area contributed by atoms with Crippen molar-refractivity contribution in [2.45, 2.75) is 159 Å². The van der Waals surface area contributed by atoms with Gasteiger partial charge in [-0.05, 0) is 145 Å². The summed E-state index contributed by atoms with van der Waals surface area (Å²) in [6, 6.07) is 10.5. The van der Waals surface area contributed by atoms with Crippen LogP contribution < -0.4 is 29.6 Å². The molecular formula is C50H83N2NaO16. The Morgan fingerprint density at radius 2 is 0.928 bits per heavy atom. The van der Waals surface area contributed by atoms with Crippen LogP contribution in [0.3, 0.4) is 0 Å². The molecule has 0 spiro atoms. The summed E-state index contributed by atoms with van der Waals surface area (Å²) in [6.07, 6.45) is 0.298. The van der Waals surface area contributed by atoms with Crippen LogP contribution in [0.25, 0.3) is 0 Å². The number of amides is 2. The number of ether oxygens (including phenoxy) is 7. The van der Waals surface area contributed by atoms with Gasteiger partial charge in [0.25, 0.3) is 0 Å². The van der Waals surface area contributed by atoms with Gasteiger partial charge in [-0.25, -0.2) is 19.2 Å². The van der Waals surface area contributed by atoms with Crippen LogP contribution in [0, 0.1) is 41.4 Å². The van der Waals surface area contributed by atoms with Crippen molar-refractivity contribution in [1.82, 2.24) is 9.80 Å². The van der Waals surface area contributed by atoms with Crippen molar-refractivity contribution in [3.63, 3.8) is 0 Å². The Morgan fingerprint density at radius 1 is 0.551 bits per heavy atom. The number of hydrogen-bond donors (Lipinski definition) is 1. The Labute approximate surface area is 433 Å². The molecule has 1 aromatic carbocycles. The molecule has 2 amide bonds. The Balaban J connectivity index is 0. The number of benzene rings is 1. The monoisotopic (exact) mass is 991 g/mol. The molecule has 0 aromatic heterocycles. The molecule has 7 atom stereocenters. The summed E-state index contributed by atoms with van der Waals surface area (Å²) in [4.78, 5) is 83.1. The molecule has 1 saturated carbocycles. The van der Waals surface area contributed by atoms with Gasteiger partial charge < -0.3 is 53.5 Å². The maximum absolute atomic E-state index is 11.9. The maximum Gasteiger partial charge on any atom is 1.00 e. The summed E-state index contributed by atoms with van der Waals surface area (Å²) < 4.78 is 34.5. The van der Waals surface area contributed by atoms with E-state index in [9.17, 15) is 33.6 Å². The molecule has 2 heterocycles. The average molecular weight is 991 g/mol. The van der Waals surface area contributed by atoms with Crippen LogP contribution in [0.15, 0.2) is 30.3 Å². The third kappa shape index (κ3) is 27.7. The van der Waals surface area contributed by atoms with E-state index in [1.807, 2.05) is 47.6 Å². The predicted molar refractivity (Wildman–Crippen MR) is 253 cm³/mol. The van der Waals surface area contributed by atoms with Crippen molar-refractivity contribution in [2.24, 2.45) is 41.4 Å². The van der Waals surface area contributed by atoms with Crippen LogP contribution >= 0.6 is 0 Å². The number of aliphatic carboxylic acids is 1. The fourth-order valence-electron chi connectivity index (χ4n) is 7.44.